The number of fused-ring (bicyclic) bond motifs is 1. The third-order valence-corrected chi connectivity index (χ3v) is 5.10. The summed E-state index contributed by atoms with van der Waals surface area (Å²) in [7, 11) is 0. The third kappa shape index (κ3) is 4.03. The molecule has 0 nitrogen and oxygen atoms in total. The van der Waals surface area contributed by atoms with Crippen LogP contribution in [0.4, 0.5) is 0 Å². The molecule has 0 heteroatoms. The highest BCUT2D eigenvalue weighted by Crippen LogP contribution is 2.37. The van der Waals surface area contributed by atoms with Gasteiger partial charge in [0.05, 0.1) is 0 Å². The van der Waals surface area contributed by atoms with Gasteiger partial charge in [-0.25, -0.2) is 0 Å². The van der Waals surface area contributed by atoms with Gasteiger partial charge in [0.25, 0.3) is 0 Å². The number of benzene rings is 3. The van der Waals surface area contributed by atoms with E-state index < -0.39 is 0 Å². The van der Waals surface area contributed by atoms with Crippen molar-refractivity contribution >= 4 is 17.7 Å². The van der Waals surface area contributed by atoms with Crippen molar-refractivity contribution in [3.63, 3.8) is 0 Å². The van der Waals surface area contributed by atoms with Crippen molar-refractivity contribution in [1.29, 1.82) is 0 Å². The van der Waals surface area contributed by atoms with Crippen LogP contribution in [0.25, 0.3) is 17.7 Å². The Balaban J connectivity index is 1.56. The van der Waals surface area contributed by atoms with Gasteiger partial charge in [-0.05, 0) is 53.0 Å². The van der Waals surface area contributed by atoms with Crippen molar-refractivity contribution in [1.82, 2.24) is 0 Å². The summed E-state index contributed by atoms with van der Waals surface area (Å²) in [6.45, 7) is 0. The van der Waals surface area contributed by atoms with Gasteiger partial charge in [0.2, 0.25) is 0 Å². The van der Waals surface area contributed by atoms with E-state index in [0.717, 1.165) is 12.8 Å². The van der Waals surface area contributed by atoms with Gasteiger partial charge in [0, 0.05) is 0 Å². The SMILES string of the molecule is C(=C\c1ccccc1)/C[C@@H]1C/C(=C\c2ccccc2)c2ccccc2C1. The minimum atomic E-state index is 0.667. The molecule has 4 rings (SSSR count). The number of rotatable bonds is 4. The molecule has 3 aromatic rings. The van der Waals surface area contributed by atoms with Gasteiger partial charge >= 0.3 is 0 Å². The van der Waals surface area contributed by atoms with Gasteiger partial charge in [-0.3, -0.25) is 0 Å². The van der Waals surface area contributed by atoms with E-state index in [1.165, 1.54) is 34.2 Å². The molecule has 0 spiro atoms. The molecule has 0 N–H and O–H groups in total. The smallest absolute Gasteiger partial charge is 0.0192 e. The summed E-state index contributed by atoms with van der Waals surface area (Å²) < 4.78 is 0. The van der Waals surface area contributed by atoms with Crippen molar-refractivity contribution in [2.24, 2.45) is 5.92 Å². The van der Waals surface area contributed by atoms with Crippen LogP contribution in [0.1, 0.15) is 35.1 Å². The van der Waals surface area contributed by atoms with Crippen LogP contribution in [0.15, 0.2) is 91.0 Å². The van der Waals surface area contributed by atoms with Crippen molar-refractivity contribution < 1.29 is 0 Å². The molecule has 0 radical (unpaired) electrons. The lowest BCUT2D eigenvalue weighted by atomic mass is 9.78. The monoisotopic (exact) mass is 336 g/mol. The Morgan fingerprint density at radius 1 is 0.692 bits per heavy atom. The Morgan fingerprint density at radius 3 is 2.12 bits per heavy atom. The van der Waals surface area contributed by atoms with E-state index in [2.05, 4.69) is 103 Å². The molecule has 0 unspecified atom stereocenters. The second-order valence-corrected chi connectivity index (χ2v) is 7.06. The largest absolute Gasteiger partial charge is 0.0836 e. The Bertz CT molecular complexity index is 901. The fourth-order valence-corrected chi connectivity index (χ4v) is 3.83. The molecule has 1 aliphatic rings. The first-order valence-electron chi connectivity index (χ1n) is 9.44. The van der Waals surface area contributed by atoms with Crippen molar-refractivity contribution in [2.75, 3.05) is 0 Å². The lowest BCUT2D eigenvalue weighted by Gasteiger charge is -2.26. The zero-order chi connectivity index (χ0) is 17.6. The van der Waals surface area contributed by atoms with Crippen LogP contribution in [0, 0.1) is 5.92 Å². The summed E-state index contributed by atoms with van der Waals surface area (Å²) in [5.74, 6) is 0.667. The summed E-state index contributed by atoms with van der Waals surface area (Å²) in [5, 5.41) is 0. The highest BCUT2D eigenvalue weighted by molar-refractivity contribution is 5.83. The van der Waals surface area contributed by atoms with Gasteiger partial charge in [0.15, 0.2) is 0 Å². The molecule has 0 amide bonds. The van der Waals surface area contributed by atoms with Crippen LogP contribution in [0.5, 0.6) is 0 Å². The Kier molecular flexibility index (Phi) is 5.12. The fourth-order valence-electron chi connectivity index (χ4n) is 3.83. The highest BCUT2D eigenvalue weighted by atomic mass is 14.3. The molecular weight excluding hydrogens is 312 g/mol. The molecule has 0 saturated carbocycles. The second kappa shape index (κ2) is 8.01. The minimum Gasteiger partial charge on any atom is -0.0836 e. The van der Waals surface area contributed by atoms with Gasteiger partial charge in [-0.15, -0.1) is 0 Å². The summed E-state index contributed by atoms with van der Waals surface area (Å²) >= 11 is 0. The normalized spacial score (nSPS) is 18.2. The summed E-state index contributed by atoms with van der Waals surface area (Å²) in [5.41, 5.74) is 6.95. The predicted octanol–water partition coefficient (Wildman–Crippen LogP) is 6.89. The van der Waals surface area contributed by atoms with E-state index in [9.17, 15) is 0 Å². The van der Waals surface area contributed by atoms with Crippen LogP contribution in [-0.4, -0.2) is 0 Å². The fraction of sp³-hybridized carbons (Fsp3) is 0.154. The number of hydrogen-bond donors (Lipinski definition) is 0. The zero-order valence-electron chi connectivity index (χ0n) is 15.0. The van der Waals surface area contributed by atoms with Crippen LogP contribution in [0.3, 0.4) is 0 Å². The Morgan fingerprint density at radius 2 is 1.35 bits per heavy atom. The molecule has 3 aromatic carbocycles. The quantitative estimate of drug-likeness (QED) is 0.486. The number of allylic oxidation sites excluding steroid dienone is 2. The highest BCUT2D eigenvalue weighted by Gasteiger charge is 2.21. The lowest BCUT2D eigenvalue weighted by molar-refractivity contribution is 0.534. The summed E-state index contributed by atoms with van der Waals surface area (Å²) in [6, 6.07) is 30.2. The van der Waals surface area contributed by atoms with Gasteiger partial charge in [-0.2, -0.15) is 0 Å². The predicted molar refractivity (Wildman–Crippen MR) is 113 cm³/mol. The van der Waals surface area contributed by atoms with Crippen molar-refractivity contribution in [2.45, 2.75) is 19.3 Å². The van der Waals surface area contributed by atoms with Gasteiger partial charge in [-0.1, -0.05) is 103 Å². The molecule has 26 heavy (non-hydrogen) atoms. The average molecular weight is 336 g/mol. The molecule has 0 heterocycles. The van der Waals surface area contributed by atoms with E-state index in [1.807, 2.05) is 0 Å². The molecule has 0 aliphatic heterocycles. The molecule has 0 fully saturated rings. The number of hydrogen-bond acceptors (Lipinski definition) is 0. The molecule has 1 aliphatic carbocycles. The first kappa shape index (κ1) is 16.6. The third-order valence-electron chi connectivity index (χ3n) is 5.10. The summed E-state index contributed by atoms with van der Waals surface area (Å²) in [4.78, 5) is 0. The Hall–Kier alpha value is -2.86. The first-order chi connectivity index (χ1) is 12.9. The zero-order valence-corrected chi connectivity index (χ0v) is 15.0. The Labute approximate surface area is 156 Å². The maximum Gasteiger partial charge on any atom is -0.0192 e. The molecule has 0 aromatic heterocycles. The van der Waals surface area contributed by atoms with E-state index >= 15 is 0 Å². The molecule has 128 valence electrons. The van der Waals surface area contributed by atoms with Crippen molar-refractivity contribution in [3.05, 3.63) is 113 Å². The van der Waals surface area contributed by atoms with E-state index in [-0.39, 0.29) is 0 Å². The van der Waals surface area contributed by atoms with Crippen LogP contribution in [0.2, 0.25) is 0 Å². The molecular formula is C26H24. The lowest BCUT2D eigenvalue weighted by Crippen LogP contribution is -2.12. The van der Waals surface area contributed by atoms with Crippen LogP contribution in [-0.2, 0) is 6.42 Å². The average Bonchev–Trinajstić information content (AvgIpc) is 2.70. The van der Waals surface area contributed by atoms with E-state index in [0.29, 0.717) is 5.92 Å². The first-order valence-corrected chi connectivity index (χ1v) is 9.44. The molecule has 0 bridgehead atoms. The second-order valence-electron chi connectivity index (χ2n) is 7.06. The van der Waals surface area contributed by atoms with E-state index in [1.54, 1.807) is 0 Å². The van der Waals surface area contributed by atoms with Crippen LogP contribution < -0.4 is 0 Å². The maximum absolute atomic E-state index is 2.37. The van der Waals surface area contributed by atoms with E-state index in [4.69, 9.17) is 0 Å². The molecule has 0 saturated heterocycles. The summed E-state index contributed by atoms with van der Waals surface area (Å²) in [6.07, 6.45) is 10.4. The standard InChI is InChI=1S/C26H24/c1-3-10-21(11-4-1)14-9-15-23-19-24-16-7-8-17-26(24)25(20-23)18-22-12-5-2-6-13-22/h1-14,16-18,23H,15,19-20H2/b14-9+,25-18+/t23-/m0/s1. The van der Waals surface area contributed by atoms with Gasteiger partial charge in [0.1, 0.15) is 0 Å². The maximum atomic E-state index is 2.37. The molecule has 1 atom stereocenters. The van der Waals surface area contributed by atoms with Gasteiger partial charge < -0.3 is 0 Å². The minimum absolute atomic E-state index is 0.667. The topological polar surface area (TPSA) is 0 Å². The van der Waals surface area contributed by atoms with Crippen molar-refractivity contribution in [3.8, 4) is 0 Å². The van der Waals surface area contributed by atoms with Crippen LogP contribution >= 0.6 is 0 Å².